The van der Waals surface area contributed by atoms with E-state index in [1.807, 2.05) is 4.90 Å². The summed E-state index contributed by atoms with van der Waals surface area (Å²) >= 11 is 0. The lowest BCUT2D eigenvalue weighted by atomic mass is 10.1. The maximum Gasteiger partial charge on any atom is 0.246 e. The molecule has 0 saturated carbocycles. The third-order valence-corrected chi connectivity index (χ3v) is 5.02. The van der Waals surface area contributed by atoms with Crippen LogP contribution in [-0.2, 0) is 14.4 Å². The fourth-order valence-electron chi connectivity index (χ4n) is 3.51. The summed E-state index contributed by atoms with van der Waals surface area (Å²) in [7, 11) is 1.55. The Kier molecular flexibility index (Phi) is 4.44. The Balaban J connectivity index is 1.47. The molecule has 0 aromatic rings. The van der Waals surface area contributed by atoms with E-state index in [9.17, 15) is 14.4 Å². The first-order valence-electron chi connectivity index (χ1n) is 8.11. The second-order valence-electron chi connectivity index (χ2n) is 6.41. The summed E-state index contributed by atoms with van der Waals surface area (Å²) in [5.74, 6) is 0.0334. The number of rotatable bonds is 3. The highest BCUT2D eigenvalue weighted by Gasteiger charge is 2.40. The fourth-order valence-corrected chi connectivity index (χ4v) is 3.51. The van der Waals surface area contributed by atoms with E-state index in [4.69, 9.17) is 0 Å². The van der Waals surface area contributed by atoms with Gasteiger partial charge in [-0.05, 0) is 12.8 Å². The molecule has 0 spiro atoms. The van der Waals surface area contributed by atoms with Crippen LogP contribution in [-0.4, -0.2) is 96.2 Å². The van der Waals surface area contributed by atoms with E-state index in [1.54, 1.807) is 7.05 Å². The number of piperazine rings is 1. The summed E-state index contributed by atoms with van der Waals surface area (Å²) in [6.45, 7) is 5.30. The number of carbonyl (C=O) groups excluding carboxylic acids is 3. The van der Waals surface area contributed by atoms with Gasteiger partial charge in [0, 0.05) is 46.3 Å². The van der Waals surface area contributed by atoms with E-state index in [0.717, 1.165) is 52.1 Å². The Morgan fingerprint density at radius 2 is 1.68 bits per heavy atom. The van der Waals surface area contributed by atoms with E-state index < -0.39 is 0 Å². The molecule has 0 aliphatic carbocycles. The van der Waals surface area contributed by atoms with Gasteiger partial charge in [-0.1, -0.05) is 0 Å². The number of nitrogens with zero attached hydrogens (tertiary/aromatic N) is 4. The molecule has 1 atom stereocenters. The van der Waals surface area contributed by atoms with E-state index in [1.165, 1.54) is 4.90 Å². The molecule has 3 aliphatic heterocycles. The molecule has 3 aliphatic rings. The summed E-state index contributed by atoms with van der Waals surface area (Å²) in [6.07, 6.45) is 2.53. The van der Waals surface area contributed by atoms with Gasteiger partial charge in [0.15, 0.2) is 0 Å². The van der Waals surface area contributed by atoms with Crippen molar-refractivity contribution in [1.29, 1.82) is 0 Å². The highest BCUT2D eigenvalue weighted by molar-refractivity contribution is 6.05. The predicted molar refractivity (Wildman–Crippen MR) is 80.0 cm³/mol. The Labute approximate surface area is 130 Å². The predicted octanol–water partition coefficient (Wildman–Crippen LogP) is -1.02. The van der Waals surface area contributed by atoms with Crippen molar-refractivity contribution in [2.75, 3.05) is 52.9 Å². The number of amides is 3. The van der Waals surface area contributed by atoms with Crippen LogP contribution in [0.25, 0.3) is 0 Å². The monoisotopic (exact) mass is 308 g/mol. The molecule has 22 heavy (non-hydrogen) atoms. The summed E-state index contributed by atoms with van der Waals surface area (Å²) < 4.78 is 0. The van der Waals surface area contributed by atoms with E-state index in [2.05, 4.69) is 9.80 Å². The zero-order valence-corrected chi connectivity index (χ0v) is 13.2. The van der Waals surface area contributed by atoms with Crippen LogP contribution in [0, 0.1) is 0 Å². The van der Waals surface area contributed by atoms with Crippen molar-refractivity contribution in [2.24, 2.45) is 0 Å². The molecular weight excluding hydrogens is 284 g/mol. The first-order valence-corrected chi connectivity index (χ1v) is 8.11. The Morgan fingerprint density at radius 1 is 1.05 bits per heavy atom. The third kappa shape index (κ3) is 3.01. The van der Waals surface area contributed by atoms with Gasteiger partial charge in [-0.2, -0.15) is 0 Å². The molecule has 7 nitrogen and oxygen atoms in total. The molecule has 3 saturated heterocycles. The molecule has 7 heteroatoms. The number of likely N-dealkylation sites (tertiary alicyclic amines) is 2. The van der Waals surface area contributed by atoms with Crippen LogP contribution >= 0.6 is 0 Å². The SMILES string of the molecule is CN1C(=O)C[C@H](N2CCN(CC(=O)N3CCCC3)CC2)C1=O. The third-order valence-electron chi connectivity index (χ3n) is 5.02. The first kappa shape index (κ1) is 15.4. The van der Waals surface area contributed by atoms with Crippen LogP contribution < -0.4 is 0 Å². The van der Waals surface area contributed by atoms with Crippen molar-refractivity contribution < 1.29 is 14.4 Å². The van der Waals surface area contributed by atoms with Crippen molar-refractivity contribution in [2.45, 2.75) is 25.3 Å². The number of hydrogen-bond donors (Lipinski definition) is 0. The molecule has 122 valence electrons. The standard InChI is InChI=1S/C15H24N4O3/c1-16-13(20)10-12(15(16)22)18-8-6-17(7-9-18)11-14(21)19-4-2-3-5-19/h12H,2-11H2,1H3/t12-/m0/s1. The lowest BCUT2D eigenvalue weighted by molar-refractivity contribution is -0.139. The highest BCUT2D eigenvalue weighted by atomic mass is 16.2. The smallest absolute Gasteiger partial charge is 0.246 e. The number of likely N-dealkylation sites (N-methyl/N-ethyl adjacent to an activating group) is 1. The molecule has 3 fully saturated rings. The van der Waals surface area contributed by atoms with Crippen molar-refractivity contribution in [3.05, 3.63) is 0 Å². The second kappa shape index (κ2) is 6.34. The van der Waals surface area contributed by atoms with Gasteiger partial charge in [0.1, 0.15) is 0 Å². The topological polar surface area (TPSA) is 64.2 Å². The molecule has 3 heterocycles. The minimum Gasteiger partial charge on any atom is -0.342 e. The van der Waals surface area contributed by atoms with Crippen LogP contribution in [0.4, 0.5) is 0 Å². The van der Waals surface area contributed by atoms with Gasteiger partial charge in [-0.3, -0.25) is 29.1 Å². The lowest BCUT2D eigenvalue weighted by Gasteiger charge is -2.37. The van der Waals surface area contributed by atoms with Gasteiger partial charge >= 0.3 is 0 Å². The number of imide groups is 1. The summed E-state index contributed by atoms with van der Waals surface area (Å²) in [6, 6.07) is -0.297. The van der Waals surface area contributed by atoms with Crippen molar-refractivity contribution in [3.8, 4) is 0 Å². The van der Waals surface area contributed by atoms with Gasteiger partial charge in [0.05, 0.1) is 19.0 Å². The van der Waals surface area contributed by atoms with Crippen LogP contribution in [0.5, 0.6) is 0 Å². The van der Waals surface area contributed by atoms with Crippen molar-refractivity contribution >= 4 is 17.7 Å². The Hall–Kier alpha value is -1.47. The van der Waals surface area contributed by atoms with Gasteiger partial charge in [0.2, 0.25) is 17.7 Å². The zero-order valence-electron chi connectivity index (χ0n) is 13.2. The van der Waals surface area contributed by atoms with Crippen LogP contribution in [0.3, 0.4) is 0 Å². The summed E-state index contributed by atoms with van der Waals surface area (Å²) in [5, 5.41) is 0. The van der Waals surface area contributed by atoms with Crippen molar-refractivity contribution in [1.82, 2.24) is 19.6 Å². The lowest BCUT2D eigenvalue weighted by Crippen LogP contribution is -2.54. The fraction of sp³-hybridized carbons (Fsp3) is 0.800. The molecule has 0 aromatic heterocycles. The van der Waals surface area contributed by atoms with Crippen LogP contribution in [0.2, 0.25) is 0 Å². The average molecular weight is 308 g/mol. The minimum atomic E-state index is -0.297. The normalized spacial score (nSPS) is 28.0. The van der Waals surface area contributed by atoms with Crippen LogP contribution in [0.1, 0.15) is 19.3 Å². The Morgan fingerprint density at radius 3 is 2.23 bits per heavy atom. The zero-order chi connectivity index (χ0) is 15.7. The quantitative estimate of drug-likeness (QED) is 0.625. The molecule has 0 bridgehead atoms. The molecular formula is C15H24N4O3. The Bertz CT molecular complexity index is 467. The molecule has 0 N–H and O–H groups in total. The average Bonchev–Trinajstić information content (AvgIpc) is 3.13. The van der Waals surface area contributed by atoms with E-state index in [0.29, 0.717) is 13.0 Å². The molecule has 0 aromatic carbocycles. The maximum absolute atomic E-state index is 12.2. The van der Waals surface area contributed by atoms with Crippen LogP contribution in [0.15, 0.2) is 0 Å². The number of carbonyl (C=O) groups is 3. The van der Waals surface area contributed by atoms with Gasteiger partial charge in [-0.15, -0.1) is 0 Å². The largest absolute Gasteiger partial charge is 0.342 e. The van der Waals surface area contributed by atoms with Gasteiger partial charge in [-0.25, -0.2) is 0 Å². The van der Waals surface area contributed by atoms with E-state index >= 15 is 0 Å². The summed E-state index contributed by atoms with van der Waals surface area (Å²) in [5.41, 5.74) is 0. The number of hydrogen-bond acceptors (Lipinski definition) is 5. The first-order chi connectivity index (χ1) is 10.6. The second-order valence-corrected chi connectivity index (χ2v) is 6.41. The maximum atomic E-state index is 12.2. The van der Waals surface area contributed by atoms with Gasteiger partial charge < -0.3 is 4.90 Å². The molecule has 3 rings (SSSR count). The summed E-state index contributed by atoms with van der Waals surface area (Å²) in [4.78, 5) is 43.2. The molecule has 0 unspecified atom stereocenters. The molecule has 0 radical (unpaired) electrons. The molecule has 3 amide bonds. The minimum absolute atomic E-state index is 0.0911. The van der Waals surface area contributed by atoms with Gasteiger partial charge in [0.25, 0.3) is 0 Å². The van der Waals surface area contributed by atoms with E-state index in [-0.39, 0.29) is 23.8 Å². The van der Waals surface area contributed by atoms with Crippen molar-refractivity contribution in [3.63, 3.8) is 0 Å². The highest BCUT2D eigenvalue weighted by Crippen LogP contribution is 2.19.